The fraction of sp³-hybridized carbons (Fsp3) is 0.235. The summed E-state index contributed by atoms with van der Waals surface area (Å²) in [5.74, 6) is 0. The Hall–Kier alpha value is -1.83. The molecule has 2 rings (SSSR count). The van der Waals surface area contributed by atoms with Gasteiger partial charge in [0.2, 0.25) is 0 Å². The monoisotopic (exact) mass is 397 g/mol. The van der Waals surface area contributed by atoms with E-state index in [2.05, 4.69) is 15.4 Å². The molecule has 0 spiro atoms. The van der Waals surface area contributed by atoms with Crippen LogP contribution in [0.2, 0.25) is 5.02 Å². The number of rotatable bonds is 5. The summed E-state index contributed by atoms with van der Waals surface area (Å²) in [6.07, 6.45) is 0. The Labute approximate surface area is 158 Å². The molecule has 0 aromatic heterocycles. The Morgan fingerprint density at radius 1 is 1.16 bits per heavy atom. The summed E-state index contributed by atoms with van der Waals surface area (Å²) >= 11 is 11.2. The van der Waals surface area contributed by atoms with Gasteiger partial charge in [0, 0.05) is 11.7 Å². The molecule has 0 saturated heterocycles. The lowest BCUT2D eigenvalue weighted by atomic mass is 10.2. The van der Waals surface area contributed by atoms with Crippen LogP contribution >= 0.6 is 23.8 Å². The molecule has 2 aromatic rings. The van der Waals surface area contributed by atoms with E-state index in [0.717, 1.165) is 0 Å². The Bertz CT molecular complexity index is 883. The molecule has 5 nitrogen and oxygen atoms in total. The van der Waals surface area contributed by atoms with Gasteiger partial charge in [0.15, 0.2) is 5.11 Å². The highest BCUT2D eigenvalue weighted by atomic mass is 35.5. The largest absolute Gasteiger partial charge is 0.360 e. The minimum atomic E-state index is -3.79. The molecule has 134 valence electrons. The second-order valence-electron chi connectivity index (χ2n) is 5.82. The van der Waals surface area contributed by atoms with Gasteiger partial charge in [-0.25, -0.2) is 8.42 Å². The fourth-order valence-corrected chi connectivity index (χ4v) is 4.08. The molecule has 2 aromatic carbocycles. The molecule has 8 heteroatoms. The molecule has 0 aliphatic carbocycles. The van der Waals surface area contributed by atoms with Crippen molar-refractivity contribution in [2.75, 3.05) is 10.0 Å². The summed E-state index contributed by atoms with van der Waals surface area (Å²) < 4.78 is 28.0. The predicted molar refractivity (Wildman–Crippen MR) is 108 cm³/mol. The molecular weight excluding hydrogens is 378 g/mol. The van der Waals surface area contributed by atoms with E-state index in [1.807, 2.05) is 13.8 Å². The first-order chi connectivity index (χ1) is 11.7. The van der Waals surface area contributed by atoms with Crippen molar-refractivity contribution in [1.29, 1.82) is 0 Å². The maximum atomic E-state index is 12.7. The van der Waals surface area contributed by atoms with Crippen LogP contribution in [0.15, 0.2) is 47.4 Å². The van der Waals surface area contributed by atoms with E-state index in [1.165, 1.54) is 0 Å². The molecule has 0 aliphatic rings. The van der Waals surface area contributed by atoms with Gasteiger partial charge < -0.3 is 10.6 Å². The predicted octanol–water partition coefficient (Wildman–Crippen LogP) is 4.14. The van der Waals surface area contributed by atoms with Crippen molar-refractivity contribution in [3.8, 4) is 0 Å². The molecule has 0 amide bonds. The fourth-order valence-electron chi connectivity index (χ4n) is 2.14. The standard InChI is InChI=1S/C17H20ClN3O2S2/c1-11(2)19-17(24)20-13-9-8-12(3)16(10-13)25(22,23)21-15-7-5-4-6-14(15)18/h4-11,21H,1-3H3,(H2,19,20,24). The zero-order valence-corrected chi connectivity index (χ0v) is 16.5. The van der Waals surface area contributed by atoms with Gasteiger partial charge in [-0.1, -0.05) is 29.8 Å². The third kappa shape index (κ3) is 5.32. The van der Waals surface area contributed by atoms with Crippen molar-refractivity contribution in [2.24, 2.45) is 0 Å². The average molecular weight is 398 g/mol. The van der Waals surface area contributed by atoms with Gasteiger partial charge in [-0.2, -0.15) is 0 Å². The Balaban J connectivity index is 2.29. The maximum Gasteiger partial charge on any atom is 0.262 e. The van der Waals surface area contributed by atoms with Crippen LogP contribution in [-0.2, 0) is 10.0 Å². The van der Waals surface area contributed by atoms with Crippen molar-refractivity contribution in [2.45, 2.75) is 31.7 Å². The van der Waals surface area contributed by atoms with Crippen LogP contribution in [0.3, 0.4) is 0 Å². The number of hydrogen-bond donors (Lipinski definition) is 3. The molecule has 0 radical (unpaired) electrons. The van der Waals surface area contributed by atoms with Crippen LogP contribution < -0.4 is 15.4 Å². The first kappa shape index (κ1) is 19.5. The van der Waals surface area contributed by atoms with Crippen LogP contribution in [0.1, 0.15) is 19.4 Å². The number of halogens is 1. The molecule has 0 heterocycles. The molecule has 3 N–H and O–H groups in total. The maximum absolute atomic E-state index is 12.7. The van der Waals surface area contributed by atoms with Gasteiger partial charge in [0.05, 0.1) is 15.6 Å². The highest BCUT2D eigenvalue weighted by Crippen LogP contribution is 2.26. The Kier molecular flexibility index (Phi) is 6.26. The van der Waals surface area contributed by atoms with Crippen LogP contribution in [-0.4, -0.2) is 19.6 Å². The second-order valence-corrected chi connectivity index (χ2v) is 8.29. The number of thiocarbonyl (C=S) groups is 1. The second kappa shape index (κ2) is 8.03. The van der Waals surface area contributed by atoms with E-state index in [1.54, 1.807) is 49.4 Å². The van der Waals surface area contributed by atoms with Crippen LogP contribution in [0.25, 0.3) is 0 Å². The summed E-state index contributed by atoms with van der Waals surface area (Å²) in [6.45, 7) is 5.66. The molecule has 0 bridgehead atoms. The lowest BCUT2D eigenvalue weighted by molar-refractivity contribution is 0.600. The van der Waals surface area contributed by atoms with E-state index in [9.17, 15) is 8.42 Å². The zero-order valence-electron chi connectivity index (χ0n) is 14.1. The average Bonchev–Trinajstić information content (AvgIpc) is 2.50. The smallest absolute Gasteiger partial charge is 0.262 e. The van der Waals surface area contributed by atoms with Gasteiger partial charge in [0.25, 0.3) is 10.0 Å². The number of nitrogens with one attached hydrogen (secondary N) is 3. The van der Waals surface area contributed by atoms with E-state index >= 15 is 0 Å². The molecular formula is C17H20ClN3O2S2. The Morgan fingerprint density at radius 3 is 2.48 bits per heavy atom. The molecule has 0 aliphatic heterocycles. The first-order valence-electron chi connectivity index (χ1n) is 7.64. The summed E-state index contributed by atoms with van der Waals surface area (Å²) in [7, 11) is -3.79. The number of hydrogen-bond acceptors (Lipinski definition) is 3. The topological polar surface area (TPSA) is 70.2 Å². The van der Waals surface area contributed by atoms with Crippen molar-refractivity contribution in [1.82, 2.24) is 5.32 Å². The molecule has 0 fully saturated rings. The normalized spacial score (nSPS) is 11.2. The quantitative estimate of drug-likeness (QED) is 0.661. The van der Waals surface area contributed by atoms with Gasteiger partial charge in [-0.15, -0.1) is 0 Å². The minimum Gasteiger partial charge on any atom is -0.360 e. The lowest BCUT2D eigenvalue weighted by Gasteiger charge is -2.16. The lowest BCUT2D eigenvalue weighted by Crippen LogP contribution is -2.33. The highest BCUT2D eigenvalue weighted by molar-refractivity contribution is 7.92. The minimum absolute atomic E-state index is 0.157. The van der Waals surface area contributed by atoms with Gasteiger partial charge in [-0.3, -0.25) is 4.72 Å². The number of anilines is 2. The van der Waals surface area contributed by atoms with Crippen molar-refractivity contribution >= 4 is 50.3 Å². The summed E-state index contributed by atoms with van der Waals surface area (Å²) in [4.78, 5) is 0.157. The van der Waals surface area contributed by atoms with Gasteiger partial charge in [0.1, 0.15) is 0 Å². The van der Waals surface area contributed by atoms with Crippen molar-refractivity contribution in [3.63, 3.8) is 0 Å². The Morgan fingerprint density at radius 2 is 1.84 bits per heavy atom. The third-order valence-corrected chi connectivity index (χ3v) is 5.33. The van der Waals surface area contributed by atoms with E-state index in [-0.39, 0.29) is 10.9 Å². The van der Waals surface area contributed by atoms with Crippen LogP contribution in [0.5, 0.6) is 0 Å². The van der Waals surface area contributed by atoms with Crippen molar-refractivity contribution < 1.29 is 8.42 Å². The zero-order chi connectivity index (χ0) is 18.6. The van der Waals surface area contributed by atoms with Crippen LogP contribution in [0, 0.1) is 6.92 Å². The molecule has 0 atom stereocenters. The summed E-state index contributed by atoms with van der Waals surface area (Å²) in [6, 6.07) is 11.9. The molecule has 0 saturated carbocycles. The summed E-state index contributed by atoms with van der Waals surface area (Å²) in [5.41, 5.74) is 1.54. The number of para-hydroxylation sites is 1. The SMILES string of the molecule is Cc1ccc(NC(=S)NC(C)C)cc1S(=O)(=O)Nc1ccccc1Cl. The van der Waals surface area contributed by atoms with Gasteiger partial charge >= 0.3 is 0 Å². The van der Waals surface area contributed by atoms with Crippen molar-refractivity contribution in [3.05, 3.63) is 53.1 Å². The summed E-state index contributed by atoms with van der Waals surface area (Å²) in [5, 5.41) is 6.80. The molecule has 25 heavy (non-hydrogen) atoms. The number of sulfonamides is 1. The van der Waals surface area contributed by atoms with E-state index in [0.29, 0.717) is 27.1 Å². The van der Waals surface area contributed by atoms with Gasteiger partial charge in [-0.05, 0) is 62.8 Å². The molecule has 0 unspecified atom stereocenters. The number of aryl methyl sites for hydroxylation is 1. The van der Waals surface area contributed by atoms with E-state index < -0.39 is 10.0 Å². The number of benzene rings is 2. The van der Waals surface area contributed by atoms with E-state index in [4.69, 9.17) is 23.8 Å². The first-order valence-corrected chi connectivity index (χ1v) is 9.91. The third-order valence-electron chi connectivity index (χ3n) is 3.27. The van der Waals surface area contributed by atoms with Crippen LogP contribution in [0.4, 0.5) is 11.4 Å². The highest BCUT2D eigenvalue weighted by Gasteiger charge is 2.19.